The van der Waals surface area contributed by atoms with Crippen LogP contribution in [-0.2, 0) is 4.79 Å². The fourth-order valence-electron chi connectivity index (χ4n) is 2.41. The van der Waals surface area contributed by atoms with Gasteiger partial charge in [-0.15, -0.1) is 0 Å². The van der Waals surface area contributed by atoms with Crippen LogP contribution >= 0.6 is 0 Å². The Kier molecular flexibility index (Phi) is 4.68. The van der Waals surface area contributed by atoms with E-state index in [0.29, 0.717) is 18.4 Å². The average Bonchev–Trinajstić information content (AvgIpc) is 2.28. The van der Waals surface area contributed by atoms with Crippen LogP contribution in [0.3, 0.4) is 0 Å². The van der Waals surface area contributed by atoms with E-state index in [-0.39, 0.29) is 12.5 Å². The third kappa shape index (κ3) is 3.29. The first-order chi connectivity index (χ1) is 7.97. The Morgan fingerprint density at radius 1 is 1.65 bits per heavy atom. The number of nitriles is 1. The molecule has 3 nitrogen and oxygen atoms in total. The maximum atomic E-state index is 12.9. The minimum Gasteiger partial charge on any atom is -0.333 e. The van der Waals surface area contributed by atoms with Crippen molar-refractivity contribution in [2.24, 2.45) is 11.8 Å². The highest BCUT2D eigenvalue weighted by atomic mass is 19.1. The van der Waals surface area contributed by atoms with Crippen molar-refractivity contribution in [3.05, 3.63) is 12.4 Å². The van der Waals surface area contributed by atoms with Crippen molar-refractivity contribution >= 4 is 5.91 Å². The molecule has 0 aromatic rings. The molecule has 2 atom stereocenters. The largest absolute Gasteiger partial charge is 0.333 e. The van der Waals surface area contributed by atoms with Gasteiger partial charge >= 0.3 is 0 Å². The van der Waals surface area contributed by atoms with Crippen molar-refractivity contribution < 1.29 is 9.18 Å². The number of nitrogens with zero attached hydrogens (tertiary/aromatic N) is 2. The van der Waals surface area contributed by atoms with E-state index < -0.39 is 11.7 Å². The molecule has 94 valence electrons. The first-order valence-electron chi connectivity index (χ1n) is 5.99. The molecule has 0 aromatic carbocycles. The monoisotopic (exact) mass is 238 g/mol. The molecule has 0 spiro atoms. The van der Waals surface area contributed by atoms with Crippen LogP contribution in [0.2, 0.25) is 0 Å². The second-order valence-corrected chi connectivity index (χ2v) is 4.95. The summed E-state index contributed by atoms with van der Waals surface area (Å²) in [6, 6.07) is 1.91. The molecular weight excluding hydrogens is 219 g/mol. The van der Waals surface area contributed by atoms with Gasteiger partial charge in [0.15, 0.2) is 5.83 Å². The summed E-state index contributed by atoms with van der Waals surface area (Å²) >= 11 is 0. The van der Waals surface area contributed by atoms with Crippen molar-refractivity contribution in [3.8, 4) is 6.07 Å². The standard InChI is InChI=1S/C13H19FN2O/c1-9(2)11-5-7-16(13(17)10(3)14)12(8-11)4-6-15/h9,11-12H,3-5,7-8H2,1-2H3/t11-,12+/m0/s1. The summed E-state index contributed by atoms with van der Waals surface area (Å²) in [4.78, 5) is 13.1. The van der Waals surface area contributed by atoms with Gasteiger partial charge in [-0.05, 0) is 24.7 Å². The molecule has 4 heteroatoms. The van der Waals surface area contributed by atoms with Gasteiger partial charge in [0, 0.05) is 12.6 Å². The van der Waals surface area contributed by atoms with Gasteiger partial charge in [0.25, 0.3) is 5.91 Å². The molecule has 0 unspecified atom stereocenters. The molecule has 0 N–H and O–H groups in total. The number of hydrogen-bond acceptors (Lipinski definition) is 2. The molecule has 1 amide bonds. The van der Waals surface area contributed by atoms with E-state index in [2.05, 4.69) is 26.5 Å². The van der Waals surface area contributed by atoms with E-state index in [1.807, 2.05) is 0 Å². The van der Waals surface area contributed by atoms with Crippen LogP contribution in [0.1, 0.15) is 33.1 Å². The summed E-state index contributed by atoms with van der Waals surface area (Å²) in [5.74, 6) is -0.560. The van der Waals surface area contributed by atoms with Crippen LogP contribution in [0.5, 0.6) is 0 Å². The molecule has 0 saturated carbocycles. The Hall–Kier alpha value is -1.37. The maximum Gasteiger partial charge on any atom is 0.282 e. The van der Waals surface area contributed by atoms with E-state index in [1.54, 1.807) is 0 Å². The van der Waals surface area contributed by atoms with Crippen molar-refractivity contribution in [2.75, 3.05) is 6.54 Å². The summed E-state index contributed by atoms with van der Waals surface area (Å²) in [6.07, 6.45) is 1.92. The zero-order valence-electron chi connectivity index (χ0n) is 10.4. The van der Waals surface area contributed by atoms with E-state index in [1.165, 1.54) is 4.90 Å². The molecule has 17 heavy (non-hydrogen) atoms. The number of rotatable bonds is 3. The number of carbonyl (C=O) groups excluding carboxylic acids is 1. The number of piperidine rings is 1. The van der Waals surface area contributed by atoms with Crippen molar-refractivity contribution in [1.82, 2.24) is 4.90 Å². The zero-order valence-corrected chi connectivity index (χ0v) is 10.4. The lowest BCUT2D eigenvalue weighted by Crippen LogP contribution is -2.46. The van der Waals surface area contributed by atoms with Gasteiger partial charge in [0.2, 0.25) is 0 Å². The summed E-state index contributed by atoms with van der Waals surface area (Å²) in [5.41, 5.74) is 0. The summed E-state index contributed by atoms with van der Waals surface area (Å²) in [5, 5.41) is 8.78. The van der Waals surface area contributed by atoms with Crippen molar-refractivity contribution in [2.45, 2.75) is 39.2 Å². The lowest BCUT2D eigenvalue weighted by molar-refractivity contribution is -0.133. The van der Waals surface area contributed by atoms with Crippen molar-refractivity contribution in [3.63, 3.8) is 0 Å². The van der Waals surface area contributed by atoms with Gasteiger partial charge in [0.1, 0.15) is 0 Å². The Balaban J connectivity index is 2.76. The Morgan fingerprint density at radius 2 is 2.29 bits per heavy atom. The van der Waals surface area contributed by atoms with Crippen LogP contribution in [0.25, 0.3) is 0 Å². The second kappa shape index (κ2) is 5.81. The van der Waals surface area contributed by atoms with Crippen molar-refractivity contribution in [1.29, 1.82) is 5.26 Å². The lowest BCUT2D eigenvalue weighted by Gasteiger charge is -2.39. The van der Waals surface area contributed by atoms with Gasteiger partial charge in [0.05, 0.1) is 12.5 Å². The molecule has 0 aliphatic carbocycles. The van der Waals surface area contributed by atoms with Gasteiger partial charge in [-0.3, -0.25) is 4.79 Å². The van der Waals surface area contributed by atoms with Gasteiger partial charge < -0.3 is 4.90 Å². The fourth-order valence-corrected chi connectivity index (χ4v) is 2.41. The third-order valence-electron chi connectivity index (χ3n) is 3.52. The maximum absolute atomic E-state index is 12.9. The Bertz CT molecular complexity index is 346. The molecule has 1 fully saturated rings. The van der Waals surface area contributed by atoms with Crippen LogP contribution in [0, 0.1) is 23.2 Å². The molecular formula is C13H19FN2O. The van der Waals surface area contributed by atoms with Crippen LogP contribution in [0.15, 0.2) is 12.4 Å². The highest BCUT2D eigenvalue weighted by Crippen LogP contribution is 2.30. The summed E-state index contributed by atoms with van der Waals surface area (Å²) < 4.78 is 12.9. The highest BCUT2D eigenvalue weighted by Gasteiger charge is 2.33. The minimum absolute atomic E-state index is 0.166. The summed E-state index contributed by atoms with van der Waals surface area (Å²) in [6.45, 7) is 7.84. The van der Waals surface area contributed by atoms with Gasteiger partial charge in [-0.1, -0.05) is 20.4 Å². The SMILES string of the molecule is C=C(F)C(=O)N1CC[C@H](C(C)C)C[C@H]1CC#N. The Morgan fingerprint density at radius 3 is 2.76 bits per heavy atom. The van der Waals surface area contributed by atoms with E-state index in [9.17, 15) is 9.18 Å². The molecule has 1 heterocycles. The molecule has 1 saturated heterocycles. The zero-order chi connectivity index (χ0) is 13.0. The number of hydrogen-bond donors (Lipinski definition) is 0. The molecule has 1 rings (SSSR count). The van der Waals surface area contributed by atoms with Crippen LogP contribution in [-0.4, -0.2) is 23.4 Å². The first-order valence-corrected chi connectivity index (χ1v) is 5.99. The highest BCUT2D eigenvalue weighted by molar-refractivity contribution is 5.90. The third-order valence-corrected chi connectivity index (χ3v) is 3.52. The first kappa shape index (κ1) is 13.7. The lowest BCUT2D eigenvalue weighted by atomic mass is 9.82. The van der Waals surface area contributed by atoms with Crippen LogP contribution in [0.4, 0.5) is 4.39 Å². The second-order valence-electron chi connectivity index (χ2n) is 4.95. The van der Waals surface area contributed by atoms with Gasteiger partial charge in [-0.25, -0.2) is 4.39 Å². The number of amides is 1. The predicted molar refractivity (Wildman–Crippen MR) is 63.5 cm³/mol. The van der Waals surface area contributed by atoms with E-state index in [0.717, 1.165) is 12.8 Å². The fraction of sp³-hybridized carbons (Fsp3) is 0.692. The molecule has 1 aliphatic heterocycles. The van der Waals surface area contributed by atoms with Gasteiger partial charge in [-0.2, -0.15) is 5.26 Å². The predicted octanol–water partition coefficient (Wildman–Crippen LogP) is 2.65. The normalized spacial score (nSPS) is 24.5. The molecule has 0 radical (unpaired) electrons. The smallest absolute Gasteiger partial charge is 0.282 e. The van der Waals surface area contributed by atoms with Crippen LogP contribution < -0.4 is 0 Å². The minimum atomic E-state index is -0.934. The van der Waals surface area contributed by atoms with E-state index in [4.69, 9.17) is 5.26 Å². The molecule has 0 bridgehead atoms. The molecule has 1 aliphatic rings. The molecule has 0 aromatic heterocycles. The summed E-state index contributed by atoms with van der Waals surface area (Å²) in [7, 11) is 0. The average molecular weight is 238 g/mol. The number of carbonyl (C=O) groups is 1. The quantitative estimate of drug-likeness (QED) is 0.709. The number of likely N-dealkylation sites (tertiary alicyclic amines) is 1. The topological polar surface area (TPSA) is 44.1 Å². The Labute approximate surface area is 102 Å². The van der Waals surface area contributed by atoms with E-state index >= 15 is 0 Å². The number of halogens is 1.